The molecule has 11 heteroatoms. The molecule has 2 heterocycles. The van der Waals surface area contributed by atoms with Gasteiger partial charge in [0, 0.05) is 18.3 Å². The van der Waals surface area contributed by atoms with Crippen LogP contribution in [-0.4, -0.2) is 39.4 Å². The molecule has 0 saturated heterocycles. The number of carbonyl (C=O) groups is 3. The van der Waals surface area contributed by atoms with Gasteiger partial charge in [0.05, 0.1) is 23.1 Å². The largest absolute Gasteiger partial charge is 0.408 e. The van der Waals surface area contributed by atoms with E-state index in [4.69, 9.17) is 0 Å². The number of nitrogens with zero attached hydrogens (tertiary/aromatic N) is 2. The first-order valence-corrected chi connectivity index (χ1v) is 8.77. The van der Waals surface area contributed by atoms with Crippen LogP contribution in [0.15, 0.2) is 12.3 Å². The first-order valence-electron chi connectivity index (χ1n) is 8.77. The third kappa shape index (κ3) is 4.50. The number of anilines is 1. The molecule has 0 aliphatic rings. The van der Waals surface area contributed by atoms with E-state index in [0.29, 0.717) is 12.6 Å². The summed E-state index contributed by atoms with van der Waals surface area (Å²) in [4.78, 5) is 40.8. The highest BCUT2D eigenvalue weighted by atomic mass is 19.4. The van der Waals surface area contributed by atoms with Gasteiger partial charge in [0.15, 0.2) is 0 Å². The number of ketones is 1. The smallest absolute Gasteiger partial charge is 0.344 e. The van der Waals surface area contributed by atoms with E-state index in [1.165, 1.54) is 38.5 Å². The van der Waals surface area contributed by atoms with Crippen LogP contribution in [0.1, 0.15) is 44.6 Å². The SMILES string of the molecule is Cc1cc(NC(=O)c2c(C)c(C(=O)C(=O)N[C@H](C)C(F)(F)F)n(C)c2C)cnc1F. The molecule has 1 atom stereocenters. The van der Waals surface area contributed by atoms with Gasteiger partial charge in [-0.2, -0.15) is 17.6 Å². The lowest BCUT2D eigenvalue weighted by molar-refractivity contribution is -0.156. The topological polar surface area (TPSA) is 93.1 Å². The molecule has 0 spiro atoms. The minimum atomic E-state index is -4.71. The number of Topliss-reactive ketones (excluding diaryl/α,β-unsaturated/α-hetero) is 1. The van der Waals surface area contributed by atoms with Crippen LogP contribution < -0.4 is 10.6 Å². The van der Waals surface area contributed by atoms with Crippen LogP contribution in [0.2, 0.25) is 0 Å². The normalized spacial score (nSPS) is 12.4. The number of nitrogens with one attached hydrogen (secondary N) is 2. The molecule has 30 heavy (non-hydrogen) atoms. The highest BCUT2D eigenvalue weighted by Gasteiger charge is 2.39. The molecule has 162 valence electrons. The number of carbonyl (C=O) groups excluding carboxylic acids is 3. The molecule has 0 fully saturated rings. The average molecular weight is 428 g/mol. The quantitative estimate of drug-likeness (QED) is 0.331. The first-order chi connectivity index (χ1) is 13.8. The van der Waals surface area contributed by atoms with Gasteiger partial charge >= 0.3 is 6.18 Å². The Labute approximate surface area is 169 Å². The summed E-state index contributed by atoms with van der Waals surface area (Å²) in [6.07, 6.45) is -3.59. The molecule has 2 aromatic heterocycles. The summed E-state index contributed by atoms with van der Waals surface area (Å²) in [5.74, 6) is -3.97. The maximum atomic E-state index is 13.3. The number of aryl methyl sites for hydroxylation is 1. The first kappa shape index (κ1) is 23.0. The molecule has 2 amide bonds. The monoisotopic (exact) mass is 428 g/mol. The number of alkyl halides is 3. The Morgan fingerprint density at radius 2 is 1.77 bits per heavy atom. The fourth-order valence-electron chi connectivity index (χ4n) is 2.91. The predicted molar refractivity (Wildman–Crippen MR) is 99.8 cm³/mol. The van der Waals surface area contributed by atoms with E-state index < -0.39 is 35.8 Å². The van der Waals surface area contributed by atoms with Gasteiger partial charge in [-0.15, -0.1) is 0 Å². The number of rotatable bonds is 5. The number of halogens is 4. The van der Waals surface area contributed by atoms with Crippen molar-refractivity contribution in [3.63, 3.8) is 0 Å². The Balaban J connectivity index is 2.33. The van der Waals surface area contributed by atoms with Crippen molar-refractivity contribution in [1.82, 2.24) is 14.9 Å². The number of amides is 2. The molecular weight excluding hydrogens is 408 g/mol. The highest BCUT2D eigenvalue weighted by molar-refractivity contribution is 6.43. The molecule has 0 saturated carbocycles. The molecule has 0 unspecified atom stereocenters. The molecule has 0 aromatic carbocycles. The van der Waals surface area contributed by atoms with Crippen molar-refractivity contribution in [2.45, 2.75) is 39.9 Å². The molecule has 2 aromatic rings. The Morgan fingerprint density at radius 3 is 2.30 bits per heavy atom. The van der Waals surface area contributed by atoms with Crippen LogP contribution >= 0.6 is 0 Å². The van der Waals surface area contributed by atoms with Crippen LogP contribution in [-0.2, 0) is 11.8 Å². The number of pyridine rings is 1. The van der Waals surface area contributed by atoms with Crippen LogP contribution in [0, 0.1) is 26.7 Å². The van der Waals surface area contributed by atoms with E-state index >= 15 is 0 Å². The zero-order chi connectivity index (χ0) is 23.0. The molecule has 7 nitrogen and oxygen atoms in total. The zero-order valence-electron chi connectivity index (χ0n) is 16.9. The maximum absolute atomic E-state index is 13.3. The van der Waals surface area contributed by atoms with Crippen molar-refractivity contribution in [2.24, 2.45) is 7.05 Å². The lowest BCUT2D eigenvalue weighted by Crippen LogP contribution is -2.46. The van der Waals surface area contributed by atoms with Gasteiger partial charge in [-0.1, -0.05) is 0 Å². The standard InChI is InChI=1S/C19H20F4N4O3/c1-8-6-12(7-24-16(8)20)26-17(29)13-9(2)14(27(5)10(13)3)15(28)18(30)25-11(4)19(21,22)23/h6-7,11H,1-5H3,(H,25,30)(H,26,29)/t11-/m1/s1. The predicted octanol–water partition coefficient (Wildman–Crippen LogP) is 2.99. The number of aromatic nitrogens is 2. The molecule has 0 aliphatic carbocycles. The van der Waals surface area contributed by atoms with E-state index in [1.807, 2.05) is 0 Å². The Bertz CT molecular complexity index is 1030. The molecule has 0 radical (unpaired) electrons. The Kier molecular flexibility index (Phi) is 6.33. The van der Waals surface area contributed by atoms with E-state index in [9.17, 15) is 31.9 Å². The summed E-state index contributed by atoms with van der Waals surface area (Å²) >= 11 is 0. The minimum absolute atomic E-state index is 0.0690. The van der Waals surface area contributed by atoms with Gasteiger partial charge < -0.3 is 15.2 Å². The molecular formula is C19H20F4N4O3. The van der Waals surface area contributed by atoms with E-state index in [2.05, 4.69) is 10.3 Å². The number of hydrogen-bond donors (Lipinski definition) is 2. The van der Waals surface area contributed by atoms with Gasteiger partial charge in [0.2, 0.25) is 5.95 Å². The Morgan fingerprint density at radius 1 is 1.17 bits per heavy atom. The van der Waals surface area contributed by atoms with Crippen molar-refractivity contribution in [3.05, 3.63) is 46.3 Å². The summed E-state index contributed by atoms with van der Waals surface area (Å²) in [5.41, 5.74) is 0.722. The second kappa shape index (κ2) is 8.25. The lowest BCUT2D eigenvalue weighted by atomic mass is 10.1. The van der Waals surface area contributed by atoms with Crippen molar-refractivity contribution < 1.29 is 31.9 Å². The van der Waals surface area contributed by atoms with Gasteiger partial charge in [0.25, 0.3) is 17.6 Å². The zero-order valence-corrected chi connectivity index (χ0v) is 16.9. The average Bonchev–Trinajstić information content (AvgIpc) is 2.85. The van der Waals surface area contributed by atoms with E-state index in [1.54, 1.807) is 5.32 Å². The van der Waals surface area contributed by atoms with E-state index in [0.717, 1.165) is 6.20 Å². The van der Waals surface area contributed by atoms with Crippen molar-refractivity contribution >= 4 is 23.3 Å². The fourth-order valence-corrected chi connectivity index (χ4v) is 2.91. The van der Waals surface area contributed by atoms with Crippen LogP contribution in [0.4, 0.5) is 23.2 Å². The number of hydrogen-bond acceptors (Lipinski definition) is 4. The second-order valence-corrected chi connectivity index (χ2v) is 6.84. The van der Waals surface area contributed by atoms with Gasteiger partial charge in [0.1, 0.15) is 6.04 Å². The van der Waals surface area contributed by atoms with Crippen LogP contribution in [0.5, 0.6) is 0 Å². The third-order valence-corrected chi connectivity index (χ3v) is 4.69. The van der Waals surface area contributed by atoms with Crippen molar-refractivity contribution in [3.8, 4) is 0 Å². The van der Waals surface area contributed by atoms with Gasteiger partial charge in [-0.3, -0.25) is 14.4 Å². The summed E-state index contributed by atoms with van der Waals surface area (Å²) in [6.45, 7) is 5.10. The summed E-state index contributed by atoms with van der Waals surface area (Å²) in [5, 5.41) is 4.14. The fraction of sp³-hybridized carbons (Fsp3) is 0.368. The molecule has 0 bridgehead atoms. The van der Waals surface area contributed by atoms with E-state index in [-0.39, 0.29) is 28.1 Å². The van der Waals surface area contributed by atoms with Crippen molar-refractivity contribution in [1.29, 1.82) is 0 Å². The second-order valence-electron chi connectivity index (χ2n) is 6.84. The maximum Gasteiger partial charge on any atom is 0.408 e. The Hall–Kier alpha value is -3.24. The van der Waals surface area contributed by atoms with Gasteiger partial charge in [-0.25, -0.2) is 4.98 Å². The molecule has 2 rings (SSSR count). The lowest BCUT2D eigenvalue weighted by Gasteiger charge is -2.16. The summed E-state index contributed by atoms with van der Waals surface area (Å²) < 4.78 is 52.5. The van der Waals surface area contributed by atoms with Crippen molar-refractivity contribution in [2.75, 3.05) is 5.32 Å². The summed E-state index contributed by atoms with van der Waals surface area (Å²) in [6, 6.07) is -0.848. The molecule has 2 N–H and O–H groups in total. The third-order valence-electron chi connectivity index (χ3n) is 4.69. The highest BCUT2D eigenvalue weighted by Crippen LogP contribution is 2.24. The van der Waals surface area contributed by atoms with Gasteiger partial charge in [-0.05, 0) is 39.3 Å². The minimum Gasteiger partial charge on any atom is -0.344 e. The molecule has 0 aliphatic heterocycles. The van der Waals surface area contributed by atoms with Crippen LogP contribution in [0.3, 0.4) is 0 Å². The van der Waals surface area contributed by atoms with Crippen LogP contribution in [0.25, 0.3) is 0 Å². The summed E-state index contributed by atoms with van der Waals surface area (Å²) in [7, 11) is 1.41.